The third-order valence-corrected chi connectivity index (χ3v) is 2.32. The van der Waals surface area contributed by atoms with E-state index in [1.807, 2.05) is 0 Å². The summed E-state index contributed by atoms with van der Waals surface area (Å²) in [6.07, 6.45) is 1.43. The van der Waals surface area contributed by atoms with Crippen molar-refractivity contribution in [1.82, 2.24) is 10.3 Å². The first-order chi connectivity index (χ1) is 6.77. The average molecular weight is 196 g/mol. The van der Waals surface area contributed by atoms with Crippen molar-refractivity contribution in [3.63, 3.8) is 0 Å². The molecule has 6 nitrogen and oxygen atoms in total. The molecular formula is C8H12N4O2. The number of nitrogens with zero attached hydrogens (tertiary/aromatic N) is 2. The number of anilines is 1. The van der Waals surface area contributed by atoms with Gasteiger partial charge in [-0.25, -0.2) is 0 Å². The van der Waals surface area contributed by atoms with Crippen LogP contribution in [0.5, 0.6) is 0 Å². The van der Waals surface area contributed by atoms with Crippen molar-refractivity contribution in [2.24, 2.45) is 0 Å². The Morgan fingerprint density at radius 3 is 2.71 bits per heavy atom. The van der Waals surface area contributed by atoms with Crippen LogP contribution in [0.1, 0.15) is 0 Å². The maximum Gasteiger partial charge on any atom is 0.288 e. The van der Waals surface area contributed by atoms with Gasteiger partial charge in [0.25, 0.3) is 5.69 Å². The number of nitrogens with one attached hydrogen (secondary N) is 2. The summed E-state index contributed by atoms with van der Waals surface area (Å²) in [7, 11) is 0. The van der Waals surface area contributed by atoms with Crippen LogP contribution in [0, 0.1) is 10.1 Å². The quantitative estimate of drug-likeness (QED) is 0.528. The summed E-state index contributed by atoms with van der Waals surface area (Å²) < 4.78 is 0. The topological polar surface area (TPSA) is 74.2 Å². The minimum Gasteiger partial charge on any atom is -0.355 e. The van der Waals surface area contributed by atoms with E-state index in [1.54, 1.807) is 6.07 Å². The largest absolute Gasteiger partial charge is 0.355 e. The van der Waals surface area contributed by atoms with Crippen LogP contribution in [-0.4, -0.2) is 36.1 Å². The van der Waals surface area contributed by atoms with Crippen LogP contribution in [0.15, 0.2) is 12.3 Å². The predicted molar refractivity (Wildman–Crippen MR) is 52.5 cm³/mol. The first kappa shape index (κ1) is 9.01. The van der Waals surface area contributed by atoms with Crippen LogP contribution in [0.25, 0.3) is 0 Å². The summed E-state index contributed by atoms with van der Waals surface area (Å²) in [6.45, 7) is 3.62. The molecule has 0 amide bonds. The molecule has 0 saturated carbocycles. The van der Waals surface area contributed by atoms with Gasteiger partial charge in [0, 0.05) is 26.2 Å². The fourth-order valence-corrected chi connectivity index (χ4v) is 1.57. The Labute approximate surface area is 81.1 Å². The van der Waals surface area contributed by atoms with Gasteiger partial charge < -0.3 is 15.2 Å². The third kappa shape index (κ3) is 1.69. The normalized spacial score (nSPS) is 17.0. The van der Waals surface area contributed by atoms with E-state index in [0.29, 0.717) is 0 Å². The van der Waals surface area contributed by atoms with Crippen molar-refractivity contribution >= 4 is 11.5 Å². The molecule has 0 aromatic carbocycles. The fraction of sp³-hybridized carbons (Fsp3) is 0.500. The van der Waals surface area contributed by atoms with Crippen molar-refractivity contribution in [2.75, 3.05) is 31.1 Å². The van der Waals surface area contributed by atoms with E-state index in [9.17, 15) is 10.1 Å². The second-order valence-corrected chi connectivity index (χ2v) is 3.24. The zero-order valence-electron chi connectivity index (χ0n) is 7.69. The van der Waals surface area contributed by atoms with Crippen LogP contribution in [-0.2, 0) is 0 Å². The molecule has 1 fully saturated rings. The molecule has 0 unspecified atom stereocenters. The number of nitro groups is 1. The molecule has 1 aromatic heterocycles. The van der Waals surface area contributed by atoms with Crippen LogP contribution in [0.3, 0.4) is 0 Å². The van der Waals surface area contributed by atoms with E-state index in [-0.39, 0.29) is 10.6 Å². The van der Waals surface area contributed by atoms with Crippen LogP contribution >= 0.6 is 0 Å². The molecular weight excluding hydrogens is 184 g/mol. The third-order valence-electron chi connectivity index (χ3n) is 2.32. The van der Waals surface area contributed by atoms with E-state index in [1.165, 1.54) is 6.20 Å². The van der Waals surface area contributed by atoms with Gasteiger partial charge in [-0.15, -0.1) is 0 Å². The standard InChI is InChI=1S/C8H12N4O2/c13-12(14)7-5-8(10-6-7)11-3-1-9-2-4-11/h5-6,9-10H,1-4H2. The Morgan fingerprint density at radius 1 is 1.43 bits per heavy atom. The van der Waals surface area contributed by atoms with Crippen molar-refractivity contribution in [2.45, 2.75) is 0 Å². The summed E-state index contributed by atoms with van der Waals surface area (Å²) in [5.74, 6) is 0.832. The Bertz CT molecular complexity index is 330. The van der Waals surface area contributed by atoms with E-state index in [0.717, 1.165) is 32.0 Å². The maximum absolute atomic E-state index is 10.5. The number of aromatic nitrogens is 1. The smallest absolute Gasteiger partial charge is 0.288 e. The molecule has 1 saturated heterocycles. The SMILES string of the molecule is O=[N+]([O-])c1c[nH]c(N2CCNCC2)c1. The summed E-state index contributed by atoms with van der Waals surface area (Å²) in [6, 6.07) is 1.57. The van der Waals surface area contributed by atoms with Crippen molar-refractivity contribution < 1.29 is 4.92 Å². The van der Waals surface area contributed by atoms with Crippen LogP contribution in [0.2, 0.25) is 0 Å². The molecule has 0 bridgehead atoms. The van der Waals surface area contributed by atoms with E-state index < -0.39 is 0 Å². The zero-order valence-corrected chi connectivity index (χ0v) is 7.69. The predicted octanol–water partition coefficient (Wildman–Crippen LogP) is 0.332. The highest BCUT2D eigenvalue weighted by molar-refractivity contribution is 5.48. The molecule has 14 heavy (non-hydrogen) atoms. The van der Waals surface area contributed by atoms with Crippen LogP contribution < -0.4 is 10.2 Å². The van der Waals surface area contributed by atoms with Gasteiger partial charge in [0.15, 0.2) is 0 Å². The van der Waals surface area contributed by atoms with Gasteiger partial charge in [-0.3, -0.25) is 10.1 Å². The number of aromatic amines is 1. The molecule has 1 aromatic rings. The highest BCUT2D eigenvalue weighted by atomic mass is 16.6. The Morgan fingerprint density at radius 2 is 2.14 bits per heavy atom. The van der Waals surface area contributed by atoms with Gasteiger partial charge in [0.2, 0.25) is 0 Å². The van der Waals surface area contributed by atoms with Gasteiger partial charge >= 0.3 is 0 Å². The van der Waals surface area contributed by atoms with Gasteiger partial charge in [0.05, 0.1) is 17.2 Å². The molecule has 2 heterocycles. The molecule has 0 spiro atoms. The minimum atomic E-state index is -0.387. The molecule has 1 aliphatic rings. The fourth-order valence-electron chi connectivity index (χ4n) is 1.57. The molecule has 0 aliphatic carbocycles. The van der Waals surface area contributed by atoms with Gasteiger partial charge in [-0.1, -0.05) is 0 Å². The average Bonchev–Trinajstić information content (AvgIpc) is 2.68. The second kappa shape index (κ2) is 3.67. The highest BCUT2D eigenvalue weighted by Gasteiger charge is 2.15. The number of piperazine rings is 1. The maximum atomic E-state index is 10.5. The molecule has 1 aliphatic heterocycles. The van der Waals surface area contributed by atoms with E-state index >= 15 is 0 Å². The van der Waals surface area contributed by atoms with Crippen molar-refractivity contribution in [3.05, 3.63) is 22.4 Å². The monoisotopic (exact) mass is 196 g/mol. The Hall–Kier alpha value is -1.56. The minimum absolute atomic E-state index is 0.124. The van der Waals surface area contributed by atoms with Gasteiger partial charge in [-0.2, -0.15) is 0 Å². The van der Waals surface area contributed by atoms with Crippen molar-refractivity contribution in [3.8, 4) is 0 Å². The first-order valence-corrected chi connectivity index (χ1v) is 4.56. The molecule has 0 radical (unpaired) electrons. The number of hydrogen-bond acceptors (Lipinski definition) is 4. The number of rotatable bonds is 2. The van der Waals surface area contributed by atoms with E-state index in [4.69, 9.17) is 0 Å². The lowest BCUT2D eigenvalue weighted by molar-refractivity contribution is -0.384. The van der Waals surface area contributed by atoms with Gasteiger partial charge in [-0.05, 0) is 0 Å². The number of H-pyrrole nitrogens is 1. The lowest BCUT2D eigenvalue weighted by Gasteiger charge is -2.27. The first-order valence-electron chi connectivity index (χ1n) is 4.56. The zero-order chi connectivity index (χ0) is 9.97. The second-order valence-electron chi connectivity index (χ2n) is 3.24. The van der Waals surface area contributed by atoms with E-state index in [2.05, 4.69) is 15.2 Å². The lowest BCUT2D eigenvalue weighted by atomic mass is 10.3. The molecule has 6 heteroatoms. The number of hydrogen-bond donors (Lipinski definition) is 2. The molecule has 0 atom stereocenters. The molecule has 76 valence electrons. The van der Waals surface area contributed by atoms with Crippen molar-refractivity contribution in [1.29, 1.82) is 0 Å². The Kier molecular flexibility index (Phi) is 2.36. The van der Waals surface area contributed by atoms with Crippen LogP contribution in [0.4, 0.5) is 11.5 Å². The molecule has 2 rings (SSSR count). The van der Waals surface area contributed by atoms with Gasteiger partial charge in [0.1, 0.15) is 5.82 Å². The summed E-state index contributed by atoms with van der Waals surface area (Å²) >= 11 is 0. The lowest BCUT2D eigenvalue weighted by Crippen LogP contribution is -2.43. The summed E-state index contributed by atoms with van der Waals surface area (Å²) in [5.41, 5.74) is 0.124. The summed E-state index contributed by atoms with van der Waals surface area (Å²) in [4.78, 5) is 15.1. The highest BCUT2D eigenvalue weighted by Crippen LogP contribution is 2.19. The molecule has 2 N–H and O–H groups in total. The summed E-state index contributed by atoms with van der Waals surface area (Å²) in [5, 5.41) is 13.7. The Balaban J connectivity index is 2.11.